The molecular weight excluding hydrogens is 331 g/mol. The van der Waals surface area contributed by atoms with Gasteiger partial charge in [-0.1, -0.05) is 23.5 Å². The van der Waals surface area contributed by atoms with E-state index in [1.807, 2.05) is 6.92 Å². The largest absolute Gasteiger partial charge is 0.465 e. The van der Waals surface area contributed by atoms with Crippen LogP contribution in [0.1, 0.15) is 34.5 Å². The van der Waals surface area contributed by atoms with Crippen molar-refractivity contribution in [2.45, 2.75) is 19.3 Å². The molecule has 0 saturated heterocycles. The van der Waals surface area contributed by atoms with Crippen LogP contribution in [0.2, 0.25) is 0 Å². The maximum Gasteiger partial charge on any atom is 0.349 e. The number of thiazole rings is 1. The van der Waals surface area contributed by atoms with E-state index in [2.05, 4.69) is 9.72 Å². The lowest BCUT2D eigenvalue weighted by Gasteiger charge is -2.17. The zero-order chi connectivity index (χ0) is 17.3. The molecule has 0 spiro atoms. The summed E-state index contributed by atoms with van der Waals surface area (Å²) in [5.41, 5.74) is 0.972. The van der Waals surface area contributed by atoms with E-state index >= 15 is 0 Å². The van der Waals surface area contributed by atoms with Gasteiger partial charge in [-0.3, -0.25) is 9.69 Å². The highest BCUT2D eigenvalue weighted by molar-refractivity contribution is 7.17. The highest BCUT2D eigenvalue weighted by Crippen LogP contribution is 2.49. The minimum absolute atomic E-state index is 0.0161. The first-order chi connectivity index (χ1) is 11.5. The van der Waals surface area contributed by atoms with Crippen molar-refractivity contribution in [2.24, 2.45) is 5.92 Å². The van der Waals surface area contributed by atoms with E-state index in [0.29, 0.717) is 16.6 Å². The fourth-order valence-electron chi connectivity index (χ4n) is 2.72. The predicted octanol–water partition coefficient (Wildman–Crippen LogP) is 3.23. The normalized spacial score (nSPS) is 19.0. The van der Waals surface area contributed by atoms with E-state index in [4.69, 9.17) is 0 Å². The molecule has 1 aliphatic carbocycles. The van der Waals surface area contributed by atoms with Gasteiger partial charge in [0.15, 0.2) is 5.13 Å². The average molecular weight is 348 g/mol. The molecule has 0 bridgehead atoms. The Morgan fingerprint density at radius 3 is 2.71 bits per heavy atom. The number of carbonyl (C=O) groups excluding carboxylic acids is 2. The third-order valence-corrected chi connectivity index (χ3v) is 5.10. The van der Waals surface area contributed by atoms with E-state index in [1.54, 1.807) is 17.0 Å². The number of halogens is 1. The van der Waals surface area contributed by atoms with Gasteiger partial charge in [0.05, 0.1) is 13.3 Å². The van der Waals surface area contributed by atoms with Crippen molar-refractivity contribution in [2.75, 3.05) is 18.6 Å². The minimum Gasteiger partial charge on any atom is -0.465 e. The second-order valence-electron chi connectivity index (χ2n) is 5.58. The first kappa shape index (κ1) is 16.6. The molecular formula is C17H17FN2O3S. The van der Waals surface area contributed by atoms with Crippen LogP contribution in [0, 0.1) is 11.7 Å². The van der Waals surface area contributed by atoms with E-state index in [-0.39, 0.29) is 23.6 Å². The molecule has 1 aromatic carbocycles. The monoisotopic (exact) mass is 348 g/mol. The smallest absolute Gasteiger partial charge is 0.349 e. The summed E-state index contributed by atoms with van der Waals surface area (Å²) in [6.07, 6.45) is 2.17. The van der Waals surface area contributed by atoms with Crippen LogP contribution >= 0.6 is 11.3 Å². The molecule has 2 atom stereocenters. The summed E-state index contributed by atoms with van der Waals surface area (Å²) in [4.78, 5) is 30.4. The van der Waals surface area contributed by atoms with Gasteiger partial charge < -0.3 is 4.74 Å². The molecule has 5 nitrogen and oxygen atoms in total. The molecule has 2 aromatic rings. The average Bonchev–Trinajstić information content (AvgIpc) is 3.25. The molecule has 0 unspecified atom stereocenters. The van der Waals surface area contributed by atoms with E-state index < -0.39 is 5.97 Å². The van der Waals surface area contributed by atoms with Gasteiger partial charge in [0.1, 0.15) is 10.7 Å². The Bertz CT molecular complexity index is 759. The number of anilines is 1. The number of hydrogen-bond acceptors (Lipinski definition) is 5. The van der Waals surface area contributed by atoms with Crippen molar-refractivity contribution in [3.8, 4) is 0 Å². The number of benzene rings is 1. The van der Waals surface area contributed by atoms with Crippen LogP contribution in [-0.2, 0) is 9.53 Å². The number of amides is 1. The quantitative estimate of drug-likeness (QED) is 0.779. The Labute approximate surface area is 143 Å². The number of methoxy groups -OCH3 is 1. The van der Waals surface area contributed by atoms with Gasteiger partial charge in [0, 0.05) is 12.5 Å². The fourth-order valence-corrected chi connectivity index (χ4v) is 3.62. The molecule has 1 fully saturated rings. The Morgan fingerprint density at radius 1 is 1.38 bits per heavy atom. The number of hydrogen-bond donors (Lipinski definition) is 0. The van der Waals surface area contributed by atoms with Crippen molar-refractivity contribution in [1.29, 1.82) is 0 Å². The maximum absolute atomic E-state index is 13.0. The second kappa shape index (κ2) is 6.68. The Morgan fingerprint density at radius 2 is 2.08 bits per heavy atom. The molecule has 1 amide bonds. The van der Waals surface area contributed by atoms with Gasteiger partial charge in [-0.2, -0.15) is 0 Å². The van der Waals surface area contributed by atoms with Crippen LogP contribution < -0.4 is 4.90 Å². The third-order valence-electron chi connectivity index (χ3n) is 4.10. The van der Waals surface area contributed by atoms with Crippen molar-refractivity contribution >= 4 is 28.3 Å². The molecule has 24 heavy (non-hydrogen) atoms. The highest BCUT2D eigenvalue weighted by Gasteiger charge is 2.46. The molecule has 1 heterocycles. The number of esters is 1. The van der Waals surface area contributed by atoms with Crippen LogP contribution in [0.3, 0.4) is 0 Å². The van der Waals surface area contributed by atoms with Gasteiger partial charge in [0.2, 0.25) is 5.91 Å². The van der Waals surface area contributed by atoms with Crippen LogP contribution in [0.4, 0.5) is 9.52 Å². The summed E-state index contributed by atoms with van der Waals surface area (Å²) < 4.78 is 17.7. The van der Waals surface area contributed by atoms with Gasteiger partial charge in [-0.25, -0.2) is 14.2 Å². The third kappa shape index (κ3) is 3.17. The van der Waals surface area contributed by atoms with Gasteiger partial charge in [-0.15, -0.1) is 0 Å². The highest BCUT2D eigenvalue weighted by atomic mass is 32.1. The summed E-state index contributed by atoms with van der Waals surface area (Å²) in [5, 5.41) is 0.493. The Balaban J connectivity index is 1.72. The number of rotatable bonds is 5. The molecule has 1 aromatic heterocycles. The van der Waals surface area contributed by atoms with Crippen molar-refractivity contribution in [3.63, 3.8) is 0 Å². The molecule has 126 valence electrons. The Kier molecular flexibility index (Phi) is 4.62. The van der Waals surface area contributed by atoms with Crippen LogP contribution in [-0.4, -0.2) is 30.5 Å². The zero-order valence-electron chi connectivity index (χ0n) is 13.4. The molecule has 7 heteroatoms. The second-order valence-corrected chi connectivity index (χ2v) is 6.59. The molecule has 0 aliphatic heterocycles. The number of carbonyl (C=O) groups is 2. The lowest BCUT2D eigenvalue weighted by atomic mass is 10.1. The lowest BCUT2D eigenvalue weighted by molar-refractivity contribution is -0.119. The van der Waals surface area contributed by atoms with Gasteiger partial charge in [-0.05, 0) is 37.0 Å². The topological polar surface area (TPSA) is 59.5 Å². The summed E-state index contributed by atoms with van der Waals surface area (Å²) in [5.74, 6) is -0.765. The predicted molar refractivity (Wildman–Crippen MR) is 88.7 cm³/mol. The maximum atomic E-state index is 13.0. The van der Waals surface area contributed by atoms with Crippen molar-refractivity contribution in [1.82, 2.24) is 4.98 Å². The summed E-state index contributed by atoms with van der Waals surface area (Å²) in [7, 11) is 1.31. The summed E-state index contributed by atoms with van der Waals surface area (Å²) >= 11 is 1.14. The molecule has 0 N–H and O–H groups in total. The molecule has 0 radical (unpaired) electrons. The fraction of sp³-hybridized carbons (Fsp3) is 0.353. The zero-order valence-corrected chi connectivity index (χ0v) is 14.2. The van der Waals surface area contributed by atoms with E-state index in [0.717, 1.165) is 23.3 Å². The first-order valence-electron chi connectivity index (χ1n) is 7.66. The number of nitrogens with zero attached hydrogens (tertiary/aromatic N) is 2. The van der Waals surface area contributed by atoms with Crippen LogP contribution in [0.25, 0.3) is 0 Å². The molecule has 1 saturated carbocycles. The standard InChI is InChI=1S/C17H17FN2O3S/c1-3-20(17-19-9-14(24-17)16(22)23-2)15(21)13-8-12(13)10-4-6-11(18)7-5-10/h4-7,9,12-13H,3,8H2,1-2H3/t12-,13+/m1/s1. The number of aromatic nitrogens is 1. The van der Waals surface area contributed by atoms with Crippen LogP contribution in [0.5, 0.6) is 0 Å². The Hall–Kier alpha value is -2.28. The van der Waals surface area contributed by atoms with Gasteiger partial charge >= 0.3 is 5.97 Å². The minimum atomic E-state index is -0.460. The van der Waals surface area contributed by atoms with Gasteiger partial charge in [0.25, 0.3) is 0 Å². The SMILES string of the molecule is CCN(C(=O)[C@H]1C[C@@H]1c1ccc(F)cc1)c1ncc(C(=O)OC)s1. The van der Waals surface area contributed by atoms with Crippen molar-refractivity contribution < 1.29 is 18.7 Å². The van der Waals surface area contributed by atoms with E-state index in [1.165, 1.54) is 25.4 Å². The van der Waals surface area contributed by atoms with Crippen molar-refractivity contribution in [3.05, 3.63) is 46.7 Å². The molecule has 3 rings (SSSR count). The first-order valence-corrected chi connectivity index (χ1v) is 8.47. The van der Waals surface area contributed by atoms with E-state index in [9.17, 15) is 14.0 Å². The lowest BCUT2D eigenvalue weighted by Crippen LogP contribution is -2.32. The summed E-state index contributed by atoms with van der Waals surface area (Å²) in [6, 6.07) is 6.27. The molecule has 1 aliphatic rings. The number of ether oxygens (including phenoxy) is 1. The summed E-state index contributed by atoms with van der Waals surface area (Å²) in [6.45, 7) is 2.34. The van der Waals surface area contributed by atoms with Crippen LogP contribution in [0.15, 0.2) is 30.5 Å².